The summed E-state index contributed by atoms with van der Waals surface area (Å²) in [5.41, 5.74) is 1.49. The van der Waals surface area contributed by atoms with E-state index in [-0.39, 0.29) is 12.3 Å². The predicted molar refractivity (Wildman–Crippen MR) is 117 cm³/mol. The van der Waals surface area contributed by atoms with Crippen LogP contribution in [0.15, 0.2) is 70.5 Å². The molecule has 164 valence electrons. The Balaban J connectivity index is 1.35. The first-order chi connectivity index (χ1) is 15.4. The van der Waals surface area contributed by atoms with E-state index >= 15 is 0 Å². The van der Waals surface area contributed by atoms with Gasteiger partial charge in [-0.15, -0.1) is 0 Å². The van der Waals surface area contributed by atoms with Gasteiger partial charge < -0.3 is 15.5 Å². The zero-order valence-electron chi connectivity index (χ0n) is 16.7. The molecule has 0 spiro atoms. The summed E-state index contributed by atoms with van der Waals surface area (Å²) in [4.78, 5) is 28.5. The van der Waals surface area contributed by atoms with Crippen molar-refractivity contribution in [2.75, 3.05) is 23.3 Å². The summed E-state index contributed by atoms with van der Waals surface area (Å²) < 4.78 is 39.9. The first-order valence-corrected chi connectivity index (χ1v) is 10.6. The van der Waals surface area contributed by atoms with E-state index in [2.05, 4.69) is 15.5 Å². The van der Waals surface area contributed by atoms with Gasteiger partial charge in [0.1, 0.15) is 0 Å². The molecule has 0 bridgehead atoms. The minimum Gasteiger partial charge on any atom is -0.347 e. The molecule has 0 unspecified atom stereocenters. The molecule has 2 amide bonds. The van der Waals surface area contributed by atoms with E-state index in [4.69, 9.17) is 0 Å². The molecule has 0 aliphatic carbocycles. The summed E-state index contributed by atoms with van der Waals surface area (Å²) in [5.74, 6) is -5.66. The van der Waals surface area contributed by atoms with Crippen LogP contribution in [0.5, 0.6) is 0 Å². The largest absolute Gasteiger partial charge is 0.347 e. The zero-order valence-corrected chi connectivity index (χ0v) is 17.5. The lowest BCUT2D eigenvalue weighted by Gasteiger charge is -2.32. The molecule has 1 aliphatic heterocycles. The van der Waals surface area contributed by atoms with Gasteiger partial charge in [-0.2, -0.15) is 0 Å². The number of carbonyl (C=O) groups is 2. The standard InChI is InChI=1S/C23H18F3N3O2S/c24-14-9-10-15(23(26)22(14)25)28-21(31)13-27-20(30)11-12-29-16-5-1-3-7-18(16)32-19-8-4-2-6-17(19)29/h1-10H,11-13H2,(H,27,30)(H,28,31). The third-order valence-electron chi connectivity index (χ3n) is 4.85. The molecule has 1 aliphatic rings. The summed E-state index contributed by atoms with van der Waals surface area (Å²) in [5, 5.41) is 4.58. The Labute approximate surface area is 186 Å². The molecule has 0 radical (unpaired) electrons. The highest BCUT2D eigenvalue weighted by Gasteiger charge is 2.23. The van der Waals surface area contributed by atoms with Gasteiger partial charge >= 0.3 is 0 Å². The summed E-state index contributed by atoms with van der Waals surface area (Å²) in [7, 11) is 0. The number of nitrogens with zero attached hydrogens (tertiary/aromatic N) is 1. The molecule has 0 saturated carbocycles. The van der Waals surface area contributed by atoms with Gasteiger partial charge in [0.25, 0.3) is 0 Å². The van der Waals surface area contributed by atoms with E-state index < -0.39 is 35.6 Å². The van der Waals surface area contributed by atoms with E-state index in [1.54, 1.807) is 11.8 Å². The van der Waals surface area contributed by atoms with E-state index in [0.29, 0.717) is 12.6 Å². The first kappa shape index (κ1) is 21.8. The van der Waals surface area contributed by atoms with E-state index in [9.17, 15) is 22.8 Å². The van der Waals surface area contributed by atoms with Gasteiger partial charge in [0.2, 0.25) is 11.8 Å². The smallest absolute Gasteiger partial charge is 0.243 e. The van der Waals surface area contributed by atoms with Gasteiger partial charge in [0.15, 0.2) is 17.5 Å². The quantitative estimate of drug-likeness (QED) is 0.520. The summed E-state index contributed by atoms with van der Waals surface area (Å²) >= 11 is 1.66. The third kappa shape index (κ3) is 4.57. The lowest BCUT2D eigenvalue weighted by atomic mass is 10.2. The van der Waals surface area contributed by atoms with Crippen molar-refractivity contribution in [1.82, 2.24) is 5.32 Å². The van der Waals surface area contributed by atoms with Crippen molar-refractivity contribution in [3.05, 3.63) is 78.1 Å². The summed E-state index contributed by atoms with van der Waals surface area (Å²) in [6.07, 6.45) is 0.111. The number of para-hydroxylation sites is 2. The number of benzene rings is 3. The fourth-order valence-electron chi connectivity index (χ4n) is 3.32. The highest BCUT2D eigenvalue weighted by molar-refractivity contribution is 7.99. The van der Waals surface area contributed by atoms with Gasteiger partial charge in [-0.25, -0.2) is 13.2 Å². The lowest BCUT2D eigenvalue weighted by molar-refractivity contribution is -0.124. The van der Waals surface area contributed by atoms with Crippen LogP contribution in [0.4, 0.5) is 30.2 Å². The van der Waals surface area contributed by atoms with Crippen molar-refractivity contribution >= 4 is 40.6 Å². The average Bonchev–Trinajstić information content (AvgIpc) is 2.80. The van der Waals surface area contributed by atoms with Crippen molar-refractivity contribution in [2.45, 2.75) is 16.2 Å². The molecule has 0 aromatic heterocycles. The van der Waals surface area contributed by atoms with Crippen molar-refractivity contribution in [3.63, 3.8) is 0 Å². The Morgan fingerprint density at radius 1 is 0.812 bits per heavy atom. The Morgan fingerprint density at radius 2 is 1.44 bits per heavy atom. The fraction of sp³-hybridized carbons (Fsp3) is 0.130. The highest BCUT2D eigenvalue weighted by atomic mass is 32.2. The van der Waals surface area contributed by atoms with Crippen molar-refractivity contribution in [2.24, 2.45) is 0 Å². The Hall–Kier alpha value is -3.46. The fourth-order valence-corrected chi connectivity index (χ4v) is 4.42. The second kappa shape index (κ2) is 9.35. The van der Waals surface area contributed by atoms with Crippen LogP contribution in [0.3, 0.4) is 0 Å². The maximum atomic E-state index is 13.7. The molecule has 0 fully saturated rings. The number of hydrogen-bond acceptors (Lipinski definition) is 4. The van der Waals surface area contributed by atoms with E-state index in [0.717, 1.165) is 27.2 Å². The van der Waals surface area contributed by atoms with Gasteiger partial charge in [-0.05, 0) is 36.4 Å². The number of halogens is 3. The molecule has 3 aromatic rings. The van der Waals surface area contributed by atoms with Crippen LogP contribution in [-0.4, -0.2) is 24.9 Å². The lowest BCUT2D eigenvalue weighted by Crippen LogP contribution is -2.35. The minimum absolute atomic E-state index is 0.111. The molecular formula is C23H18F3N3O2S. The van der Waals surface area contributed by atoms with Crippen LogP contribution in [0.25, 0.3) is 0 Å². The van der Waals surface area contributed by atoms with E-state index in [1.807, 2.05) is 48.5 Å². The molecule has 9 heteroatoms. The molecule has 5 nitrogen and oxygen atoms in total. The predicted octanol–water partition coefficient (Wildman–Crippen LogP) is 4.85. The van der Waals surface area contributed by atoms with Gasteiger partial charge in [-0.1, -0.05) is 36.0 Å². The van der Waals surface area contributed by atoms with Crippen LogP contribution >= 0.6 is 11.8 Å². The maximum absolute atomic E-state index is 13.7. The Morgan fingerprint density at radius 3 is 2.09 bits per heavy atom. The number of anilines is 3. The zero-order chi connectivity index (χ0) is 22.7. The van der Waals surface area contributed by atoms with Crippen molar-refractivity contribution in [3.8, 4) is 0 Å². The molecule has 0 atom stereocenters. The molecule has 3 aromatic carbocycles. The molecule has 32 heavy (non-hydrogen) atoms. The monoisotopic (exact) mass is 457 g/mol. The van der Waals surface area contributed by atoms with Gasteiger partial charge in [-0.3, -0.25) is 9.59 Å². The first-order valence-electron chi connectivity index (χ1n) is 9.77. The highest BCUT2D eigenvalue weighted by Crippen LogP contribution is 2.47. The number of fused-ring (bicyclic) bond motifs is 2. The van der Waals surface area contributed by atoms with E-state index in [1.165, 1.54) is 0 Å². The van der Waals surface area contributed by atoms with Crippen LogP contribution in [0.2, 0.25) is 0 Å². The Bertz CT molecular complexity index is 1140. The summed E-state index contributed by atoms with van der Waals surface area (Å²) in [6, 6.07) is 17.4. The molecule has 0 saturated heterocycles. The third-order valence-corrected chi connectivity index (χ3v) is 5.98. The number of nitrogens with one attached hydrogen (secondary N) is 2. The normalized spacial score (nSPS) is 12.0. The number of carbonyl (C=O) groups excluding carboxylic acids is 2. The number of hydrogen-bond donors (Lipinski definition) is 2. The topological polar surface area (TPSA) is 61.4 Å². The summed E-state index contributed by atoms with van der Waals surface area (Å²) in [6.45, 7) is -0.0415. The van der Waals surface area contributed by atoms with Crippen LogP contribution in [0.1, 0.15) is 6.42 Å². The van der Waals surface area contributed by atoms with Crippen molar-refractivity contribution in [1.29, 1.82) is 0 Å². The van der Waals surface area contributed by atoms with Crippen LogP contribution in [0, 0.1) is 17.5 Å². The van der Waals surface area contributed by atoms with Crippen LogP contribution < -0.4 is 15.5 Å². The minimum atomic E-state index is -1.67. The molecule has 1 heterocycles. The van der Waals surface area contributed by atoms with Gasteiger partial charge in [0.05, 0.1) is 23.6 Å². The number of amides is 2. The van der Waals surface area contributed by atoms with Crippen molar-refractivity contribution < 1.29 is 22.8 Å². The Kier molecular flexibility index (Phi) is 6.36. The SMILES string of the molecule is O=C(CCN1c2ccccc2Sc2ccccc21)NCC(=O)Nc1ccc(F)c(F)c1F. The second-order valence-electron chi connectivity index (χ2n) is 6.99. The molecule has 4 rings (SSSR count). The molecular weight excluding hydrogens is 439 g/mol. The molecule has 2 N–H and O–H groups in total. The van der Waals surface area contributed by atoms with Crippen LogP contribution in [-0.2, 0) is 9.59 Å². The average molecular weight is 457 g/mol. The second-order valence-corrected chi connectivity index (χ2v) is 8.07. The maximum Gasteiger partial charge on any atom is 0.243 e. The van der Waals surface area contributed by atoms with Gasteiger partial charge in [0, 0.05) is 22.8 Å². The number of rotatable bonds is 6.